The van der Waals surface area contributed by atoms with E-state index in [4.69, 9.17) is 21.1 Å². The van der Waals surface area contributed by atoms with Crippen LogP contribution in [0.2, 0.25) is 5.02 Å². The molecule has 1 atom stereocenters. The molecule has 1 aliphatic carbocycles. The first kappa shape index (κ1) is 21.8. The minimum Gasteiger partial charge on any atom is -0.486 e. The van der Waals surface area contributed by atoms with Crippen molar-refractivity contribution in [2.75, 3.05) is 25.1 Å². The quantitative estimate of drug-likeness (QED) is 0.644. The van der Waals surface area contributed by atoms with Gasteiger partial charge in [0.2, 0.25) is 5.91 Å². The Morgan fingerprint density at radius 1 is 1.19 bits per heavy atom. The van der Waals surface area contributed by atoms with Crippen LogP contribution >= 0.6 is 11.6 Å². The number of nitrogens with zero attached hydrogens (tertiary/aromatic N) is 1. The van der Waals surface area contributed by atoms with Crippen molar-refractivity contribution < 1.29 is 27.4 Å². The molecule has 9 heteroatoms. The number of hydrogen-bond donors (Lipinski definition) is 1. The average molecular weight is 455 g/mol. The zero-order valence-electron chi connectivity index (χ0n) is 16.8. The first-order chi connectivity index (χ1) is 14.7. The number of ether oxygens (including phenoxy) is 2. The Balaban J connectivity index is 1.48. The van der Waals surface area contributed by atoms with Gasteiger partial charge in [-0.25, -0.2) is 0 Å². The van der Waals surface area contributed by atoms with Crippen LogP contribution in [0, 0.1) is 0 Å². The van der Waals surface area contributed by atoms with Gasteiger partial charge in [0.25, 0.3) is 0 Å². The number of anilines is 1. The van der Waals surface area contributed by atoms with Gasteiger partial charge in [0.05, 0.1) is 22.8 Å². The summed E-state index contributed by atoms with van der Waals surface area (Å²) in [6.45, 7) is 2.69. The van der Waals surface area contributed by atoms with Crippen LogP contribution in [0.15, 0.2) is 36.4 Å². The van der Waals surface area contributed by atoms with Gasteiger partial charge in [-0.05, 0) is 37.5 Å². The third-order valence-electron chi connectivity index (χ3n) is 5.44. The van der Waals surface area contributed by atoms with Crippen molar-refractivity contribution in [1.29, 1.82) is 0 Å². The highest BCUT2D eigenvalue weighted by Gasteiger charge is 2.36. The SMILES string of the molecule is CC(c1cccc(C(F)(F)F)c1)N(CC(=O)Nc1cc2c(cc1Cl)OCCO2)C1CC1. The molecule has 1 aliphatic heterocycles. The minimum absolute atomic E-state index is 0.0346. The number of carbonyl (C=O) groups is 1. The van der Waals surface area contributed by atoms with Crippen LogP contribution in [0.3, 0.4) is 0 Å². The highest BCUT2D eigenvalue weighted by Crippen LogP contribution is 2.39. The van der Waals surface area contributed by atoms with E-state index in [9.17, 15) is 18.0 Å². The third-order valence-corrected chi connectivity index (χ3v) is 5.75. The lowest BCUT2D eigenvalue weighted by atomic mass is 10.0. The molecule has 0 saturated heterocycles. The summed E-state index contributed by atoms with van der Waals surface area (Å²) in [5.41, 5.74) is 0.227. The molecule has 2 aromatic carbocycles. The largest absolute Gasteiger partial charge is 0.486 e. The number of amides is 1. The minimum atomic E-state index is -4.41. The average Bonchev–Trinajstić information content (AvgIpc) is 3.57. The fraction of sp³-hybridized carbons (Fsp3) is 0.409. The van der Waals surface area contributed by atoms with Crippen LogP contribution < -0.4 is 14.8 Å². The second kappa shape index (κ2) is 8.59. The number of rotatable bonds is 6. The zero-order chi connectivity index (χ0) is 22.2. The molecular weight excluding hydrogens is 433 g/mol. The second-order valence-corrected chi connectivity index (χ2v) is 8.13. The van der Waals surface area contributed by atoms with Gasteiger partial charge in [-0.15, -0.1) is 0 Å². The molecule has 2 aromatic rings. The van der Waals surface area contributed by atoms with Gasteiger partial charge in [-0.3, -0.25) is 9.69 Å². The highest BCUT2D eigenvalue weighted by atomic mass is 35.5. The molecule has 0 spiro atoms. The number of halogens is 4. The van der Waals surface area contributed by atoms with E-state index in [2.05, 4.69) is 5.32 Å². The Kier molecular flexibility index (Phi) is 6.03. The maximum Gasteiger partial charge on any atom is 0.416 e. The van der Waals surface area contributed by atoms with Gasteiger partial charge in [-0.2, -0.15) is 13.2 Å². The van der Waals surface area contributed by atoms with Gasteiger partial charge < -0.3 is 14.8 Å². The standard InChI is InChI=1S/C22H22ClF3N2O3/c1-13(14-3-2-4-15(9-14)22(24,25)26)28(16-5-6-16)12-21(29)27-18-11-20-19(10-17(18)23)30-7-8-31-20/h2-4,9-11,13,16H,5-8,12H2,1H3,(H,27,29). The molecule has 0 aromatic heterocycles. The molecule has 31 heavy (non-hydrogen) atoms. The molecule has 1 saturated carbocycles. The number of nitrogens with one attached hydrogen (secondary N) is 1. The van der Waals surface area contributed by atoms with Gasteiger partial charge in [0, 0.05) is 24.2 Å². The summed E-state index contributed by atoms with van der Waals surface area (Å²) < 4.78 is 50.3. The zero-order valence-corrected chi connectivity index (χ0v) is 17.6. The maximum absolute atomic E-state index is 13.1. The second-order valence-electron chi connectivity index (χ2n) is 7.73. The lowest BCUT2D eigenvalue weighted by Crippen LogP contribution is -2.37. The number of fused-ring (bicyclic) bond motifs is 1. The maximum atomic E-state index is 13.1. The number of hydrogen-bond acceptors (Lipinski definition) is 4. The van der Waals surface area contributed by atoms with E-state index < -0.39 is 11.7 Å². The van der Waals surface area contributed by atoms with Crippen molar-refractivity contribution in [2.45, 2.75) is 38.0 Å². The van der Waals surface area contributed by atoms with Crippen molar-refractivity contribution in [2.24, 2.45) is 0 Å². The van der Waals surface area contributed by atoms with E-state index in [1.807, 2.05) is 11.8 Å². The smallest absolute Gasteiger partial charge is 0.416 e. The Morgan fingerprint density at radius 2 is 1.87 bits per heavy atom. The summed E-state index contributed by atoms with van der Waals surface area (Å²) in [7, 11) is 0. The third kappa shape index (κ3) is 5.07. The molecule has 4 rings (SSSR count). The molecule has 1 fully saturated rings. The Morgan fingerprint density at radius 3 is 2.52 bits per heavy atom. The van der Waals surface area contributed by atoms with Gasteiger partial charge in [0.1, 0.15) is 13.2 Å². The molecule has 1 heterocycles. The topological polar surface area (TPSA) is 50.8 Å². The van der Waals surface area contributed by atoms with E-state index in [0.29, 0.717) is 41.0 Å². The Bertz CT molecular complexity index is 979. The summed E-state index contributed by atoms with van der Waals surface area (Å²) in [6.07, 6.45) is -2.60. The highest BCUT2D eigenvalue weighted by molar-refractivity contribution is 6.34. The molecule has 0 radical (unpaired) electrons. The van der Waals surface area contributed by atoms with Crippen LogP contribution in [0.25, 0.3) is 0 Å². The summed E-state index contributed by atoms with van der Waals surface area (Å²) >= 11 is 6.26. The Labute approximate surface area is 183 Å². The van der Waals surface area contributed by atoms with E-state index >= 15 is 0 Å². The molecule has 1 amide bonds. The normalized spacial score (nSPS) is 16.8. The molecule has 5 nitrogen and oxygen atoms in total. The van der Waals surface area contributed by atoms with Crippen LogP contribution in [-0.2, 0) is 11.0 Å². The number of alkyl halides is 3. The Hall–Kier alpha value is -2.45. The summed E-state index contributed by atoms with van der Waals surface area (Å²) in [4.78, 5) is 14.7. The van der Waals surface area contributed by atoms with Gasteiger partial charge in [0.15, 0.2) is 11.5 Å². The van der Waals surface area contributed by atoms with E-state index in [-0.39, 0.29) is 24.5 Å². The predicted octanol–water partition coefficient (Wildman–Crippen LogP) is 5.29. The van der Waals surface area contributed by atoms with Crippen molar-refractivity contribution in [1.82, 2.24) is 4.90 Å². The van der Waals surface area contributed by atoms with Gasteiger partial charge >= 0.3 is 6.18 Å². The van der Waals surface area contributed by atoms with Crippen LogP contribution in [0.5, 0.6) is 11.5 Å². The molecule has 166 valence electrons. The van der Waals surface area contributed by atoms with E-state index in [0.717, 1.165) is 25.0 Å². The lowest BCUT2D eigenvalue weighted by Gasteiger charge is -2.29. The molecule has 2 aliphatic rings. The van der Waals surface area contributed by atoms with Crippen LogP contribution in [0.4, 0.5) is 18.9 Å². The first-order valence-corrected chi connectivity index (χ1v) is 10.4. The van der Waals surface area contributed by atoms with E-state index in [1.165, 1.54) is 6.07 Å². The van der Waals surface area contributed by atoms with Crippen molar-refractivity contribution in [3.63, 3.8) is 0 Å². The molecule has 1 N–H and O–H groups in total. The number of carbonyl (C=O) groups excluding carboxylic acids is 1. The van der Waals surface area contributed by atoms with Crippen molar-refractivity contribution in [3.05, 3.63) is 52.5 Å². The summed E-state index contributed by atoms with van der Waals surface area (Å²) in [6, 6.07) is 8.27. The number of benzene rings is 2. The monoisotopic (exact) mass is 454 g/mol. The molecule has 1 unspecified atom stereocenters. The predicted molar refractivity (Wildman–Crippen MR) is 111 cm³/mol. The molecule has 0 bridgehead atoms. The van der Waals surface area contributed by atoms with Crippen molar-refractivity contribution >= 4 is 23.2 Å². The molecular formula is C22H22ClF3N2O3. The van der Waals surface area contributed by atoms with Crippen LogP contribution in [-0.4, -0.2) is 36.6 Å². The first-order valence-electron chi connectivity index (χ1n) is 10.0. The summed E-state index contributed by atoms with van der Waals surface area (Å²) in [5, 5.41) is 3.11. The van der Waals surface area contributed by atoms with Crippen molar-refractivity contribution in [3.8, 4) is 11.5 Å². The van der Waals surface area contributed by atoms with Crippen LogP contribution in [0.1, 0.15) is 36.9 Å². The van der Waals surface area contributed by atoms with Gasteiger partial charge in [-0.1, -0.05) is 23.7 Å². The summed E-state index contributed by atoms with van der Waals surface area (Å²) in [5.74, 6) is 0.721. The lowest BCUT2D eigenvalue weighted by molar-refractivity contribution is -0.137. The fourth-order valence-corrected chi connectivity index (χ4v) is 3.87. The fourth-order valence-electron chi connectivity index (χ4n) is 3.67. The van der Waals surface area contributed by atoms with E-state index in [1.54, 1.807) is 18.2 Å².